The van der Waals surface area contributed by atoms with Crippen LogP contribution in [0.5, 0.6) is 0 Å². The summed E-state index contributed by atoms with van der Waals surface area (Å²) in [7, 11) is 0. The second-order valence-electron chi connectivity index (χ2n) is 6.10. The van der Waals surface area contributed by atoms with Gasteiger partial charge in [-0.25, -0.2) is 0 Å². The zero-order valence-electron chi connectivity index (χ0n) is 14.8. The van der Waals surface area contributed by atoms with Gasteiger partial charge in [0.1, 0.15) is 5.82 Å². The first-order valence-corrected chi connectivity index (χ1v) is 8.72. The number of benzene rings is 1. The van der Waals surface area contributed by atoms with Gasteiger partial charge in [-0.05, 0) is 37.6 Å². The van der Waals surface area contributed by atoms with Crippen LogP contribution in [0.25, 0.3) is 17.0 Å². The molecule has 0 spiro atoms. The van der Waals surface area contributed by atoms with Crippen LogP contribution in [0.3, 0.4) is 0 Å². The maximum absolute atomic E-state index is 4.83. The fraction of sp³-hybridized carbons (Fsp3) is 0.200. The Labute approximate surface area is 152 Å². The van der Waals surface area contributed by atoms with E-state index in [1.54, 1.807) is 6.20 Å². The summed E-state index contributed by atoms with van der Waals surface area (Å²) in [4.78, 5) is 6.48. The Balaban J connectivity index is 1.76. The zero-order chi connectivity index (χ0) is 17.9. The first-order valence-electron chi connectivity index (χ1n) is 8.72. The SMILES string of the molecule is CCN(c1ccc2nnc(-c3ccccc3)n2n1)C(C)c1cccnc1. The van der Waals surface area contributed by atoms with E-state index in [0.717, 1.165) is 35.0 Å². The van der Waals surface area contributed by atoms with Crippen LogP contribution in [-0.2, 0) is 0 Å². The van der Waals surface area contributed by atoms with E-state index in [0.29, 0.717) is 0 Å². The second kappa shape index (κ2) is 6.92. The molecule has 0 aliphatic carbocycles. The van der Waals surface area contributed by atoms with Crippen LogP contribution >= 0.6 is 0 Å². The summed E-state index contributed by atoms with van der Waals surface area (Å²) in [6, 6.07) is 18.2. The van der Waals surface area contributed by atoms with Crippen LogP contribution in [-0.4, -0.2) is 31.3 Å². The van der Waals surface area contributed by atoms with E-state index in [-0.39, 0.29) is 6.04 Å². The van der Waals surface area contributed by atoms with Crippen molar-refractivity contribution < 1.29 is 0 Å². The van der Waals surface area contributed by atoms with Crippen molar-refractivity contribution in [3.63, 3.8) is 0 Å². The minimum absolute atomic E-state index is 0.162. The smallest absolute Gasteiger partial charge is 0.185 e. The van der Waals surface area contributed by atoms with Gasteiger partial charge in [0.15, 0.2) is 11.5 Å². The Bertz CT molecular complexity index is 997. The first-order chi connectivity index (χ1) is 12.8. The largest absolute Gasteiger partial charge is 0.349 e. The molecule has 3 aromatic heterocycles. The van der Waals surface area contributed by atoms with Gasteiger partial charge in [0.25, 0.3) is 0 Å². The Morgan fingerprint density at radius 2 is 1.85 bits per heavy atom. The predicted octanol–water partition coefficient (Wildman–Crippen LogP) is 3.77. The highest BCUT2D eigenvalue weighted by atomic mass is 15.4. The number of nitrogens with zero attached hydrogens (tertiary/aromatic N) is 6. The van der Waals surface area contributed by atoms with Gasteiger partial charge in [0, 0.05) is 24.5 Å². The van der Waals surface area contributed by atoms with E-state index in [9.17, 15) is 0 Å². The van der Waals surface area contributed by atoms with E-state index >= 15 is 0 Å². The van der Waals surface area contributed by atoms with Crippen molar-refractivity contribution in [1.29, 1.82) is 0 Å². The van der Waals surface area contributed by atoms with Gasteiger partial charge in [0.2, 0.25) is 0 Å². The summed E-state index contributed by atoms with van der Waals surface area (Å²) in [5.74, 6) is 1.63. The third-order valence-corrected chi connectivity index (χ3v) is 4.55. The van der Waals surface area contributed by atoms with Gasteiger partial charge in [-0.15, -0.1) is 15.3 Å². The van der Waals surface area contributed by atoms with Crippen LogP contribution in [0.1, 0.15) is 25.5 Å². The molecule has 0 amide bonds. The van der Waals surface area contributed by atoms with Gasteiger partial charge >= 0.3 is 0 Å². The lowest BCUT2D eigenvalue weighted by atomic mass is 10.1. The lowest BCUT2D eigenvalue weighted by Crippen LogP contribution is -2.28. The molecule has 0 aliphatic heterocycles. The standard InChI is InChI=1S/C20H20N6/c1-3-25(15(2)17-10-7-13-21-14-17)19-12-11-18-22-23-20(26(18)24-19)16-8-5-4-6-9-16/h4-15H,3H2,1-2H3. The third kappa shape index (κ3) is 2.90. The fourth-order valence-electron chi connectivity index (χ4n) is 3.14. The molecule has 4 rings (SSSR count). The lowest BCUT2D eigenvalue weighted by molar-refractivity contribution is 0.667. The molecule has 0 saturated carbocycles. The molecule has 26 heavy (non-hydrogen) atoms. The highest BCUT2D eigenvalue weighted by Gasteiger charge is 2.18. The molecule has 130 valence electrons. The Hall–Kier alpha value is -3.28. The van der Waals surface area contributed by atoms with Crippen molar-refractivity contribution in [1.82, 2.24) is 24.8 Å². The van der Waals surface area contributed by atoms with Crippen LogP contribution in [0, 0.1) is 0 Å². The highest BCUT2D eigenvalue weighted by molar-refractivity contribution is 5.59. The molecule has 1 atom stereocenters. The normalized spacial score (nSPS) is 12.2. The van der Waals surface area contributed by atoms with Crippen molar-refractivity contribution in [2.24, 2.45) is 0 Å². The molecular weight excluding hydrogens is 324 g/mol. The molecular formula is C20H20N6. The average Bonchev–Trinajstić information content (AvgIpc) is 3.13. The number of hydrogen-bond acceptors (Lipinski definition) is 5. The molecule has 3 heterocycles. The molecule has 1 unspecified atom stereocenters. The molecule has 6 heteroatoms. The van der Waals surface area contributed by atoms with Gasteiger partial charge in [0.05, 0.1) is 6.04 Å². The van der Waals surface area contributed by atoms with Gasteiger partial charge in [-0.2, -0.15) is 4.52 Å². The Morgan fingerprint density at radius 3 is 2.58 bits per heavy atom. The fourth-order valence-corrected chi connectivity index (χ4v) is 3.14. The number of fused-ring (bicyclic) bond motifs is 1. The molecule has 0 fully saturated rings. The first kappa shape index (κ1) is 16.2. The minimum Gasteiger partial charge on any atom is -0.349 e. The number of hydrogen-bond donors (Lipinski definition) is 0. The maximum Gasteiger partial charge on any atom is 0.185 e. The van der Waals surface area contributed by atoms with Crippen LogP contribution < -0.4 is 4.90 Å². The number of aromatic nitrogens is 5. The zero-order valence-corrected chi connectivity index (χ0v) is 14.8. The maximum atomic E-state index is 4.83. The summed E-state index contributed by atoms with van der Waals surface area (Å²) in [6.45, 7) is 5.12. The summed E-state index contributed by atoms with van der Waals surface area (Å²) in [5, 5.41) is 13.4. The molecule has 0 aliphatic rings. The van der Waals surface area contributed by atoms with Crippen molar-refractivity contribution in [3.05, 3.63) is 72.6 Å². The van der Waals surface area contributed by atoms with Crippen molar-refractivity contribution >= 4 is 11.5 Å². The summed E-state index contributed by atoms with van der Waals surface area (Å²) >= 11 is 0. The lowest BCUT2D eigenvalue weighted by Gasteiger charge is -2.29. The Kier molecular flexibility index (Phi) is 4.31. The van der Waals surface area contributed by atoms with Gasteiger partial charge < -0.3 is 4.90 Å². The van der Waals surface area contributed by atoms with E-state index in [1.165, 1.54) is 0 Å². The van der Waals surface area contributed by atoms with Crippen molar-refractivity contribution in [2.45, 2.75) is 19.9 Å². The van der Waals surface area contributed by atoms with Gasteiger partial charge in [-0.3, -0.25) is 4.98 Å². The van der Waals surface area contributed by atoms with Gasteiger partial charge in [-0.1, -0.05) is 36.4 Å². The molecule has 6 nitrogen and oxygen atoms in total. The quantitative estimate of drug-likeness (QED) is 0.551. The highest BCUT2D eigenvalue weighted by Crippen LogP contribution is 2.26. The Morgan fingerprint density at radius 1 is 1.00 bits per heavy atom. The molecule has 1 aromatic carbocycles. The molecule has 0 bridgehead atoms. The number of rotatable bonds is 5. The minimum atomic E-state index is 0.162. The molecule has 4 aromatic rings. The van der Waals surface area contributed by atoms with Crippen LogP contribution in [0.4, 0.5) is 5.82 Å². The summed E-state index contributed by atoms with van der Waals surface area (Å²) < 4.78 is 1.81. The predicted molar refractivity (Wildman–Crippen MR) is 102 cm³/mol. The van der Waals surface area contributed by atoms with Crippen LogP contribution in [0.2, 0.25) is 0 Å². The topological polar surface area (TPSA) is 59.2 Å². The van der Waals surface area contributed by atoms with Crippen molar-refractivity contribution in [2.75, 3.05) is 11.4 Å². The molecule has 0 saturated heterocycles. The summed E-state index contributed by atoms with van der Waals surface area (Å²) in [6.07, 6.45) is 3.69. The molecule has 0 radical (unpaired) electrons. The third-order valence-electron chi connectivity index (χ3n) is 4.55. The van der Waals surface area contributed by atoms with Crippen LogP contribution in [0.15, 0.2) is 67.0 Å². The van der Waals surface area contributed by atoms with E-state index in [1.807, 2.05) is 59.2 Å². The molecule has 0 N–H and O–H groups in total. The second-order valence-corrected chi connectivity index (χ2v) is 6.10. The number of anilines is 1. The average molecular weight is 344 g/mol. The van der Waals surface area contributed by atoms with E-state index in [4.69, 9.17) is 5.10 Å². The summed E-state index contributed by atoms with van der Waals surface area (Å²) in [5.41, 5.74) is 2.88. The van der Waals surface area contributed by atoms with Crippen molar-refractivity contribution in [3.8, 4) is 11.4 Å². The monoisotopic (exact) mass is 344 g/mol. The number of pyridine rings is 1. The van der Waals surface area contributed by atoms with E-state index < -0.39 is 0 Å². The van der Waals surface area contributed by atoms with E-state index in [2.05, 4.69) is 40.0 Å².